The van der Waals surface area contributed by atoms with Crippen LogP contribution in [-0.4, -0.2) is 12.1 Å². The Kier molecular flexibility index (Phi) is 3.78. The third-order valence-electron chi connectivity index (χ3n) is 2.49. The number of carbonyl (C=O) groups excluding carboxylic acids is 1. The Morgan fingerprint density at radius 1 is 0.947 bits per heavy atom. The fourth-order valence-corrected chi connectivity index (χ4v) is 1.45. The zero-order chi connectivity index (χ0) is 13.7. The van der Waals surface area contributed by atoms with Crippen molar-refractivity contribution >= 4 is 23.5 Å². The van der Waals surface area contributed by atoms with Gasteiger partial charge in [-0.25, -0.2) is 5.43 Å². The number of nitrogens with zero attached hydrogens (tertiary/aromatic N) is 1. The molecule has 5 N–H and O–H groups in total. The molecule has 0 aliphatic rings. The number of amides is 1. The molecular weight excluding hydrogens is 240 g/mol. The van der Waals surface area contributed by atoms with E-state index in [0.717, 1.165) is 5.56 Å². The highest BCUT2D eigenvalue weighted by atomic mass is 16.2. The van der Waals surface area contributed by atoms with Crippen molar-refractivity contribution in [3.8, 4) is 0 Å². The van der Waals surface area contributed by atoms with Crippen LogP contribution in [0.5, 0.6) is 0 Å². The van der Waals surface area contributed by atoms with Crippen molar-refractivity contribution in [3.05, 3.63) is 59.7 Å². The van der Waals surface area contributed by atoms with Gasteiger partial charge in [0.2, 0.25) is 0 Å². The van der Waals surface area contributed by atoms with E-state index in [2.05, 4.69) is 10.5 Å². The molecule has 0 aliphatic carbocycles. The zero-order valence-corrected chi connectivity index (χ0v) is 10.2. The van der Waals surface area contributed by atoms with Crippen LogP contribution in [0.15, 0.2) is 53.6 Å². The van der Waals surface area contributed by atoms with E-state index in [9.17, 15) is 4.79 Å². The summed E-state index contributed by atoms with van der Waals surface area (Å²) in [5.74, 6) is -0.285. The predicted molar refractivity (Wildman–Crippen MR) is 76.8 cm³/mol. The first-order valence-corrected chi connectivity index (χ1v) is 5.69. The molecule has 0 unspecified atom stereocenters. The summed E-state index contributed by atoms with van der Waals surface area (Å²) >= 11 is 0. The average molecular weight is 254 g/mol. The Labute approximate surface area is 110 Å². The van der Waals surface area contributed by atoms with Gasteiger partial charge in [-0.1, -0.05) is 12.1 Å². The second kappa shape index (κ2) is 5.68. The number of nitrogens with one attached hydrogen (secondary N) is 1. The number of hydrazone groups is 1. The maximum Gasteiger partial charge on any atom is 0.271 e. The molecule has 96 valence electrons. The Morgan fingerprint density at radius 2 is 1.47 bits per heavy atom. The third-order valence-corrected chi connectivity index (χ3v) is 2.49. The molecular formula is C14H14N4O. The van der Waals surface area contributed by atoms with Gasteiger partial charge in [0.1, 0.15) is 0 Å². The van der Waals surface area contributed by atoms with E-state index < -0.39 is 0 Å². The van der Waals surface area contributed by atoms with Gasteiger partial charge in [0.15, 0.2) is 0 Å². The van der Waals surface area contributed by atoms with E-state index in [-0.39, 0.29) is 5.91 Å². The highest BCUT2D eigenvalue weighted by Gasteiger charge is 2.02. The van der Waals surface area contributed by atoms with Crippen LogP contribution in [0.25, 0.3) is 0 Å². The highest BCUT2D eigenvalue weighted by Crippen LogP contribution is 2.05. The molecule has 2 aromatic rings. The second-order valence-electron chi connectivity index (χ2n) is 3.99. The number of anilines is 2. The molecule has 0 aromatic heterocycles. The molecule has 0 bridgehead atoms. The van der Waals surface area contributed by atoms with Crippen LogP contribution in [-0.2, 0) is 0 Å². The Hall–Kier alpha value is -2.82. The van der Waals surface area contributed by atoms with Crippen LogP contribution < -0.4 is 16.9 Å². The molecule has 0 saturated heterocycles. The lowest BCUT2D eigenvalue weighted by Crippen LogP contribution is -2.17. The number of carbonyl (C=O) groups is 1. The SMILES string of the molecule is Nc1ccc(/C=N/NC(=O)c2ccc(N)cc2)cc1. The number of nitrogen functional groups attached to an aromatic ring is 2. The minimum Gasteiger partial charge on any atom is -0.399 e. The Balaban J connectivity index is 1.96. The van der Waals surface area contributed by atoms with Crippen molar-refractivity contribution < 1.29 is 4.79 Å². The van der Waals surface area contributed by atoms with E-state index in [1.807, 2.05) is 12.1 Å². The Morgan fingerprint density at radius 3 is 2.05 bits per heavy atom. The van der Waals surface area contributed by atoms with E-state index in [1.165, 1.54) is 0 Å². The summed E-state index contributed by atoms with van der Waals surface area (Å²) in [7, 11) is 0. The molecule has 0 radical (unpaired) electrons. The number of hydrogen-bond acceptors (Lipinski definition) is 4. The quantitative estimate of drug-likeness (QED) is 0.441. The second-order valence-corrected chi connectivity index (χ2v) is 3.99. The minimum absolute atomic E-state index is 0.285. The van der Waals surface area contributed by atoms with Crippen LogP contribution in [0.3, 0.4) is 0 Å². The van der Waals surface area contributed by atoms with Gasteiger partial charge in [-0.2, -0.15) is 5.10 Å². The monoisotopic (exact) mass is 254 g/mol. The lowest BCUT2D eigenvalue weighted by molar-refractivity contribution is 0.0955. The molecule has 0 heterocycles. The molecule has 0 atom stereocenters. The highest BCUT2D eigenvalue weighted by molar-refractivity contribution is 5.95. The number of nitrogens with two attached hydrogens (primary N) is 2. The average Bonchev–Trinajstić information content (AvgIpc) is 2.41. The van der Waals surface area contributed by atoms with Crippen LogP contribution in [0.1, 0.15) is 15.9 Å². The van der Waals surface area contributed by atoms with Gasteiger partial charge >= 0.3 is 0 Å². The summed E-state index contributed by atoms with van der Waals surface area (Å²) in [5.41, 5.74) is 16.2. The lowest BCUT2D eigenvalue weighted by Gasteiger charge is -2.00. The van der Waals surface area contributed by atoms with Crippen molar-refractivity contribution in [1.82, 2.24) is 5.43 Å². The van der Waals surface area contributed by atoms with Gasteiger partial charge in [-0.15, -0.1) is 0 Å². The summed E-state index contributed by atoms with van der Waals surface area (Å²) in [4.78, 5) is 11.7. The van der Waals surface area contributed by atoms with Gasteiger partial charge in [-0.05, 0) is 42.0 Å². The van der Waals surface area contributed by atoms with Crippen LogP contribution in [0.4, 0.5) is 11.4 Å². The molecule has 2 aromatic carbocycles. The molecule has 5 heteroatoms. The lowest BCUT2D eigenvalue weighted by atomic mass is 10.2. The molecule has 19 heavy (non-hydrogen) atoms. The summed E-state index contributed by atoms with van der Waals surface area (Å²) < 4.78 is 0. The van der Waals surface area contributed by atoms with Crippen molar-refractivity contribution in [2.24, 2.45) is 5.10 Å². The molecule has 0 spiro atoms. The van der Waals surface area contributed by atoms with Crippen LogP contribution >= 0.6 is 0 Å². The largest absolute Gasteiger partial charge is 0.399 e. The van der Waals surface area contributed by atoms with Gasteiger partial charge in [0.05, 0.1) is 6.21 Å². The summed E-state index contributed by atoms with van der Waals surface area (Å²) in [6.07, 6.45) is 1.55. The first-order chi connectivity index (χ1) is 9.15. The number of benzene rings is 2. The van der Waals surface area contributed by atoms with Crippen LogP contribution in [0, 0.1) is 0 Å². The van der Waals surface area contributed by atoms with Crippen LogP contribution in [0.2, 0.25) is 0 Å². The summed E-state index contributed by atoms with van der Waals surface area (Å²) in [5, 5.41) is 3.87. The zero-order valence-electron chi connectivity index (χ0n) is 10.2. The number of rotatable bonds is 3. The first-order valence-electron chi connectivity index (χ1n) is 5.69. The van der Waals surface area contributed by atoms with Gasteiger partial charge in [-0.3, -0.25) is 4.79 Å². The standard InChI is InChI=1S/C14H14N4O/c15-12-5-1-10(2-6-12)9-17-18-14(19)11-3-7-13(16)8-4-11/h1-9H,15-16H2,(H,18,19)/b17-9+. The first kappa shape index (κ1) is 12.6. The number of hydrogen-bond donors (Lipinski definition) is 3. The van der Waals surface area contributed by atoms with E-state index >= 15 is 0 Å². The van der Waals surface area contributed by atoms with E-state index in [0.29, 0.717) is 16.9 Å². The smallest absolute Gasteiger partial charge is 0.271 e. The van der Waals surface area contributed by atoms with Crippen molar-refractivity contribution in [3.63, 3.8) is 0 Å². The summed E-state index contributed by atoms with van der Waals surface area (Å²) in [6, 6.07) is 13.8. The predicted octanol–water partition coefficient (Wildman–Crippen LogP) is 1.61. The fraction of sp³-hybridized carbons (Fsp3) is 0. The molecule has 1 amide bonds. The Bertz CT molecular complexity index is 588. The topological polar surface area (TPSA) is 93.5 Å². The maximum absolute atomic E-state index is 11.7. The van der Waals surface area contributed by atoms with Crippen molar-refractivity contribution in [2.75, 3.05) is 11.5 Å². The summed E-state index contributed by atoms with van der Waals surface area (Å²) in [6.45, 7) is 0. The molecule has 0 saturated carbocycles. The molecule has 0 fully saturated rings. The van der Waals surface area contributed by atoms with Gasteiger partial charge < -0.3 is 11.5 Å². The van der Waals surface area contributed by atoms with Crippen molar-refractivity contribution in [1.29, 1.82) is 0 Å². The van der Waals surface area contributed by atoms with Crippen molar-refractivity contribution in [2.45, 2.75) is 0 Å². The van der Waals surface area contributed by atoms with E-state index in [1.54, 1.807) is 42.6 Å². The normalized spacial score (nSPS) is 10.5. The maximum atomic E-state index is 11.7. The minimum atomic E-state index is -0.285. The van der Waals surface area contributed by atoms with Gasteiger partial charge in [0.25, 0.3) is 5.91 Å². The van der Waals surface area contributed by atoms with Gasteiger partial charge in [0, 0.05) is 16.9 Å². The molecule has 0 aliphatic heterocycles. The van der Waals surface area contributed by atoms with E-state index in [4.69, 9.17) is 11.5 Å². The molecule has 2 rings (SSSR count). The fourth-order valence-electron chi connectivity index (χ4n) is 1.45. The molecule has 5 nitrogen and oxygen atoms in total. The third kappa shape index (κ3) is 3.57.